The molecule has 1 aliphatic rings. The SMILES string of the molecule is C=C(C)CC(c1cccc(-n2cc3c(C(F)(F)F)cc(CN4CCC(S)[C@H](C)C4)cn3c2=O)c1)c1nncn1C. The van der Waals surface area contributed by atoms with Gasteiger partial charge in [0.2, 0.25) is 0 Å². The van der Waals surface area contributed by atoms with Crippen molar-refractivity contribution in [2.24, 2.45) is 13.0 Å². The van der Waals surface area contributed by atoms with Crippen LogP contribution in [-0.4, -0.2) is 47.0 Å². The number of piperidine rings is 1. The fourth-order valence-corrected chi connectivity index (χ4v) is 5.78. The van der Waals surface area contributed by atoms with Crippen molar-refractivity contribution in [2.45, 2.75) is 50.6 Å². The van der Waals surface area contributed by atoms with E-state index >= 15 is 0 Å². The average molecular weight is 571 g/mol. The van der Waals surface area contributed by atoms with E-state index in [1.165, 1.54) is 23.0 Å². The third kappa shape index (κ3) is 5.62. The van der Waals surface area contributed by atoms with Crippen LogP contribution >= 0.6 is 12.6 Å². The molecule has 1 fully saturated rings. The normalized spacial score (nSPS) is 19.3. The molecule has 0 amide bonds. The van der Waals surface area contributed by atoms with E-state index in [9.17, 15) is 18.0 Å². The van der Waals surface area contributed by atoms with Gasteiger partial charge in [0.15, 0.2) is 0 Å². The molecule has 0 bridgehead atoms. The quantitative estimate of drug-likeness (QED) is 0.236. The summed E-state index contributed by atoms with van der Waals surface area (Å²) in [5, 5.41) is 8.55. The van der Waals surface area contributed by atoms with Gasteiger partial charge >= 0.3 is 11.9 Å². The van der Waals surface area contributed by atoms with Gasteiger partial charge in [0, 0.05) is 43.7 Å². The van der Waals surface area contributed by atoms with Crippen LogP contribution in [-0.2, 0) is 19.8 Å². The number of alkyl halides is 3. The highest BCUT2D eigenvalue weighted by molar-refractivity contribution is 7.81. The molecule has 0 N–H and O–H groups in total. The summed E-state index contributed by atoms with van der Waals surface area (Å²) in [6.07, 6.45) is 1.28. The van der Waals surface area contributed by atoms with Crippen molar-refractivity contribution in [1.82, 2.24) is 28.6 Å². The predicted octanol–water partition coefficient (Wildman–Crippen LogP) is 5.48. The Labute approximate surface area is 236 Å². The van der Waals surface area contributed by atoms with Crippen LogP contribution < -0.4 is 5.69 Å². The number of benzene rings is 1. The third-order valence-electron chi connectivity index (χ3n) is 7.64. The minimum absolute atomic E-state index is 0.180. The van der Waals surface area contributed by atoms with Crippen molar-refractivity contribution in [3.8, 4) is 5.69 Å². The first-order chi connectivity index (χ1) is 18.9. The highest BCUT2D eigenvalue weighted by atomic mass is 32.1. The Kier molecular flexibility index (Phi) is 7.71. The Morgan fingerprint density at radius 1 is 1.25 bits per heavy atom. The summed E-state index contributed by atoms with van der Waals surface area (Å²) in [5.74, 6) is 0.878. The summed E-state index contributed by atoms with van der Waals surface area (Å²) in [4.78, 5) is 15.7. The van der Waals surface area contributed by atoms with Gasteiger partial charge in [-0.25, -0.2) is 4.79 Å². The Hall–Kier alpha value is -3.31. The lowest BCUT2D eigenvalue weighted by molar-refractivity contribution is -0.136. The maximum Gasteiger partial charge on any atom is 0.418 e. The number of aryl methyl sites for hydroxylation is 1. The lowest BCUT2D eigenvalue weighted by Gasteiger charge is -2.34. The van der Waals surface area contributed by atoms with Crippen LogP contribution in [0, 0.1) is 5.92 Å². The Balaban J connectivity index is 1.57. The van der Waals surface area contributed by atoms with E-state index in [0.717, 1.165) is 40.9 Å². The zero-order valence-electron chi connectivity index (χ0n) is 22.8. The topological polar surface area (TPSA) is 60.4 Å². The summed E-state index contributed by atoms with van der Waals surface area (Å²) in [6, 6.07) is 8.42. The molecule has 212 valence electrons. The molecule has 1 saturated heterocycles. The van der Waals surface area contributed by atoms with Crippen LogP contribution in [0.1, 0.15) is 55.1 Å². The Bertz CT molecular complexity index is 1600. The maximum atomic E-state index is 14.2. The van der Waals surface area contributed by atoms with Crippen molar-refractivity contribution in [2.75, 3.05) is 13.1 Å². The van der Waals surface area contributed by atoms with Gasteiger partial charge in [-0.3, -0.25) is 13.9 Å². The summed E-state index contributed by atoms with van der Waals surface area (Å²) in [5.41, 5.74) is 1.16. The second-order valence-corrected chi connectivity index (χ2v) is 11.6. The number of rotatable bonds is 7. The fourth-order valence-electron chi connectivity index (χ4n) is 5.57. The predicted molar refractivity (Wildman–Crippen MR) is 152 cm³/mol. The van der Waals surface area contributed by atoms with Crippen LogP contribution in [0.5, 0.6) is 0 Å². The van der Waals surface area contributed by atoms with Crippen LogP contribution in [0.3, 0.4) is 0 Å². The van der Waals surface area contributed by atoms with Crippen molar-refractivity contribution >= 4 is 18.1 Å². The van der Waals surface area contributed by atoms with E-state index in [2.05, 4.69) is 41.2 Å². The molecular weight excluding hydrogens is 537 g/mol. The Morgan fingerprint density at radius 3 is 2.67 bits per heavy atom. The zero-order valence-corrected chi connectivity index (χ0v) is 23.7. The fraction of sp³-hybridized carbons (Fsp3) is 0.414. The first-order valence-corrected chi connectivity index (χ1v) is 13.8. The monoisotopic (exact) mass is 570 g/mol. The lowest BCUT2D eigenvalue weighted by atomic mass is 9.91. The van der Waals surface area contributed by atoms with E-state index < -0.39 is 17.4 Å². The minimum Gasteiger partial charge on any atom is -0.320 e. The Morgan fingerprint density at radius 2 is 2.02 bits per heavy atom. The van der Waals surface area contributed by atoms with Gasteiger partial charge in [-0.15, -0.1) is 16.8 Å². The van der Waals surface area contributed by atoms with Gasteiger partial charge in [-0.1, -0.05) is 24.6 Å². The number of hydrogen-bond donors (Lipinski definition) is 1. The molecule has 0 saturated carbocycles. The summed E-state index contributed by atoms with van der Waals surface area (Å²) >= 11 is 4.60. The number of likely N-dealkylation sites (tertiary alicyclic amines) is 1. The van der Waals surface area contributed by atoms with Crippen LogP contribution in [0.25, 0.3) is 11.2 Å². The van der Waals surface area contributed by atoms with E-state index in [1.54, 1.807) is 18.5 Å². The van der Waals surface area contributed by atoms with E-state index in [4.69, 9.17) is 0 Å². The molecule has 4 aromatic rings. The molecule has 0 spiro atoms. The van der Waals surface area contributed by atoms with Crippen molar-refractivity contribution in [3.63, 3.8) is 0 Å². The minimum atomic E-state index is -4.62. The van der Waals surface area contributed by atoms with Gasteiger partial charge in [0.05, 0.1) is 16.8 Å². The molecular formula is C29H33F3N6OS. The molecule has 40 heavy (non-hydrogen) atoms. The van der Waals surface area contributed by atoms with Gasteiger partial charge in [-0.05, 0) is 61.6 Å². The second kappa shape index (κ2) is 10.9. The van der Waals surface area contributed by atoms with Gasteiger partial charge in [0.25, 0.3) is 0 Å². The van der Waals surface area contributed by atoms with Crippen LogP contribution in [0.15, 0.2) is 66.0 Å². The zero-order chi connectivity index (χ0) is 28.8. The maximum absolute atomic E-state index is 14.2. The number of imidazole rings is 1. The number of fused-ring (bicyclic) bond motifs is 1. The van der Waals surface area contributed by atoms with E-state index in [0.29, 0.717) is 30.1 Å². The van der Waals surface area contributed by atoms with Crippen molar-refractivity contribution in [1.29, 1.82) is 0 Å². The number of aromatic nitrogens is 5. The number of hydrogen-bond acceptors (Lipinski definition) is 5. The van der Waals surface area contributed by atoms with E-state index in [-0.39, 0.29) is 16.7 Å². The molecule has 5 rings (SSSR count). The van der Waals surface area contributed by atoms with Gasteiger partial charge in [0.1, 0.15) is 12.2 Å². The standard InChI is InChI=1S/C29H33F3N6OS/c1-18(2)10-23(27-34-33-17-35(27)4)21-6-5-7-22(12-21)37-16-25-24(29(30,31)32)11-20(15-38(25)28(37)39)14-36-9-8-26(40)19(3)13-36/h5-7,11-12,15-17,19,23,26,40H,1,8-10,13-14H2,2-4H3/t19-,23?,26?/m1/s1. The summed E-state index contributed by atoms with van der Waals surface area (Å²) in [6.45, 7) is 9.89. The van der Waals surface area contributed by atoms with Crippen molar-refractivity contribution in [3.05, 3.63) is 94.2 Å². The van der Waals surface area contributed by atoms with Gasteiger partial charge < -0.3 is 4.57 Å². The average Bonchev–Trinajstić information content (AvgIpc) is 3.46. The number of nitrogens with zero attached hydrogens (tertiary/aromatic N) is 6. The lowest BCUT2D eigenvalue weighted by Crippen LogP contribution is -2.39. The molecule has 3 aromatic heterocycles. The largest absolute Gasteiger partial charge is 0.418 e. The number of thiol groups is 1. The van der Waals surface area contributed by atoms with Crippen LogP contribution in [0.2, 0.25) is 0 Å². The van der Waals surface area contributed by atoms with Crippen LogP contribution in [0.4, 0.5) is 13.2 Å². The second-order valence-electron chi connectivity index (χ2n) is 11.0. The molecule has 1 aromatic carbocycles. The third-order valence-corrected chi connectivity index (χ3v) is 8.41. The number of allylic oxidation sites excluding steroid dienone is 1. The molecule has 2 unspecified atom stereocenters. The highest BCUT2D eigenvalue weighted by Gasteiger charge is 2.35. The molecule has 11 heteroatoms. The molecule has 1 aliphatic heterocycles. The van der Waals surface area contributed by atoms with Gasteiger partial charge in [-0.2, -0.15) is 25.8 Å². The summed E-state index contributed by atoms with van der Waals surface area (Å²) in [7, 11) is 1.85. The smallest absolute Gasteiger partial charge is 0.320 e. The molecule has 4 heterocycles. The molecule has 7 nitrogen and oxygen atoms in total. The molecule has 0 aliphatic carbocycles. The molecule has 0 radical (unpaired) electrons. The number of pyridine rings is 1. The van der Waals surface area contributed by atoms with Crippen molar-refractivity contribution < 1.29 is 13.2 Å². The van der Waals surface area contributed by atoms with E-state index in [1.807, 2.05) is 30.7 Å². The first-order valence-electron chi connectivity index (χ1n) is 13.2. The first kappa shape index (κ1) is 28.2. The number of halogens is 3. The summed E-state index contributed by atoms with van der Waals surface area (Å²) < 4.78 is 47.0. The highest BCUT2D eigenvalue weighted by Crippen LogP contribution is 2.35. The molecule has 3 atom stereocenters.